The molecule has 0 unspecified atom stereocenters. The van der Waals surface area contributed by atoms with E-state index >= 15 is 0 Å². The van der Waals surface area contributed by atoms with Crippen molar-refractivity contribution in [2.45, 2.75) is 6.54 Å². The Morgan fingerprint density at radius 3 is 2.55 bits per heavy atom. The van der Waals surface area contributed by atoms with Gasteiger partial charge in [-0.3, -0.25) is 14.5 Å². The van der Waals surface area contributed by atoms with Crippen molar-refractivity contribution in [2.24, 2.45) is 0 Å². The highest BCUT2D eigenvalue weighted by Gasteiger charge is 2.30. The summed E-state index contributed by atoms with van der Waals surface area (Å²) in [6.07, 6.45) is 3.21. The Balaban J connectivity index is 1.82. The number of pyridine rings is 1. The lowest BCUT2D eigenvalue weighted by molar-refractivity contribution is -0.122. The van der Waals surface area contributed by atoms with E-state index in [0.717, 1.165) is 11.1 Å². The molecule has 22 heavy (non-hydrogen) atoms. The van der Waals surface area contributed by atoms with Crippen molar-refractivity contribution in [1.82, 2.24) is 15.2 Å². The van der Waals surface area contributed by atoms with Crippen molar-refractivity contribution in [1.29, 1.82) is 0 Å². The minimum Gasteiger partial charge on any atom is -0.329 e. The summed E-state index contributed by atoms with van der Waals surface area (Å²) in [7, 11) is 0. The van der Waals surface area contributed by atoms with Gasteiger partial charge in [-0.1, -0.05) is 30.3 Å². The van der Waals surface area contributed by atoms with E-state index in [1.807, 2.05) is 30.3 Å². The van der Waals surface area contributed by atoms with E-state index in [1.54, 1.807) is 18.3 Å². The highest BCUT2D eigenvalue weighted by molar-refractivity contribution is 7.80. The van der Waals surface area contributed by atoms with Crippen LogP contribution in [0, 0.1) is 0 Å². The van der Waals surface area contributed by atoms with Crippen molar-refractivity contribution in [3.05, 3.63) is 75.8 Å². The van der Waals surface area contributed by atoms with E-state index in [1.165, 1.54) is 11.0 Å². The van der Waals surface area contributed by atoms with Crippen LogP contribution >= 0.6 is 12.2 Å². The van der Waals surface area contributed by atoms with E-state index in [9.17, 15) is 9.59 Å². The molecule has 2 N–H and O–H groups in total. The Kier molecular flexibility index (Phi) is 3.84. The number of hydrogen-bond acceptors (Lipinski definition) is 3. The molecule has 2 aromatic rings. The first-order chi connectivity index (χ1) is 10.6. The number of aromatic amines is 1. The van der Waals surface area contributed by atoms with Crippen molar-refractivity contribution in [3.8, 4) is 0 Å². The third-order valence-electron chi connectivity index (χ3n) is 3.27. The molecular formula is C16H13N3O2S. The van der Waals surface area contributed by atoms with E-state index in [-0.39, 0.29) is 11.5 Å². The molecule has 1 saturated heterocycles. The van der Waals surface area contributed by atoms with Crippen LogP contribution in [0.2, 0.25) is 0 Å². The van der Waals surface area contributed by atoms with Crippen LogP contribution in [0.5, 0.6) is 0 Å². The van der Waals surface area contributed by atoms with Gasteiger partial charge in [0.05, 0.1) is 6.54 Å². The Hall–Kier alpha value is -2.73. The summed E-state index contributed by atoms with van der Waals surface area (Å²) in [5, 5.41) is 3.29. The molecule has 6 heteroatoms. The minimum absolute atomic E-state index is 0.181. The molecule has 0 bridgehead atoms. The molecule has 110 valence electrons. The van der Waals surface area contributed by atoms with E-state index in [4.69, 9.17) is 12.2 Å². The Morgan fingerprint density at radius 1 is 1.09 bits per heavy atom. The molecule has 1 aromatic heterocycles. The molecule has 1 fully saturated rings. The molecule has 0 aliphatic carbocycles. The summed E-state index contributed by atoms with van der Waals surface area (Å²) in [6.45, 7) is 0.425. The quantitative estimate of drug-likeness (QED) is 0.668. The zero-order valence-electron chi connectivity index (χ0n) is 11.6. The van der Waals surface area contributed by atoms with Gasteiger partial charge in [0.2, 0.25) is 5.56 Å². The second-order valence-corrected chi connectivity index (χ2v) is 5.24. The van der Waals surface area contributed by atoms with Gasteiger partial charge in [-0.05, 0) is 35.5 Å². The molecule has 3 rings (SSSR count). The minimum atomic E-state index is -0.186. The van der Waals surface area contributed by atoms with Gasteiger partial charge in [0.1, 0.15) is 5.70 Å². The van der Waals surface area contributed by atoms with Crippen LogP contribution in [0.4, 0.5) is 0 Å². The Labute approximate surface area is 132 Å². The van der Waals surface area contributed by atoms with Gasteiger partial charge in [0.25, 0.3) is 5.91 Å². The van der Waals surface area contributed by atoms with Crippen molar-refractivity contribution in [2.75, 3.05) is 0 Å². The van der Waals surface area contributed by atoms with E-state index in [2.05, 4.69) is 10.3 Å². The second kappa shape index (κ2) is 5.95. The van der Waals surface area contributed by atoms with Gasteiger partial charge in [-0.15, -0.1) is 0 Å². The molecule has 1 aromatic carbocycles. The van der Waals surface area contributed by atoms with Crippen LogP contribution in [0.15, 0.2) is 59.2 Å². The lowest BCUT2D eigenvalue weighted by atomic mass is 10.2. The van der Waals surface area contributed by atoms with Crippen molar-refractivity contribution in [3.63, 3.8) is 0 Å². The zero-order chi connectivity index (χ0) is 15.5. The molecule has 0 saturated carbocycles. The summed E-state index contributed by atoms with van der Waals surface area (Å²) in [5.41, 5.74) is 1.94. The maximum atomic E-state index is 12.4. The molecule has 0 spiro atoms. The van der Waals surface area contributed by atoms with Crippen molar-refractivity contribution >= 4 is 29.3 Å². The van der Waals surface area contributed by atoms with E-state index in [0.29, 0.717) is 17.4 Å². The molecule has 5 nitrogen and oxygen atoms in total. The standard InChI is InChI=1S/C16H13N3O2S/c20-14-7-6-12(9-17-14)8-13-15(21)19(16(22)18-13)10-11-4-2-1-3-5-11/h1-9H,10H2,(H,17,20)(H,18,22)/b13-8+. The largest absolute Gasteiger partial charge is 0.329 e. The summed E-state index contributed by atoms with van der Waals surface area (Å²) < 4.78 is 0. The average molecular weight is 311 g/mol. The summed E-state index contributed by atoms with van der Waals surface area (Å²) in [4.78, 5) is 27.6. The fourth-order valence-corrected chi connectivity index (χ4v) is 2.42. The third-order valence-corrected chi connectivity index (χ3v) is 3.59. The summed E-state index contributed by atoms with van der Waals surface area (Å²) in [5.74, 6) is -0.181. The predicted octanol–water partition coefficient (Wildman–Crippen LogP) is 1.63. The number of nitrogens with one attached hydrogen (secondary N) is 2. The molecule has 0 radical (unpaired) electrons. The first kappa shape index (κ1) is 14.2. The van der Waals surface area contributed by atoms with Crippen LogP contribution in [0.1, 0.15) is 11.1 Å². The van der Waals surface area contributed by atoms with Gasteiger partial charge in [-0.25, -0.2) is 0 Å². The fraction of sp³-hybridized carbons (Fsp3) is 0.0625. The molecule has 2 heterocycles. The SMILES string of the molecule is O=C1/C(=C\c2ccc(=O)[nH]c2)NC(=S)N1Cc1ccccc1. The predicted molar refractivity (Wildman–Crippen MR) is 87.8 cm³/mol. The number of aromatic nitrogens is 1. The summed E-state index contributed by atoms with van der Waals surface area (Å²) in [6, 6.07) is 12.7. The highest BCUT2D eigenvalue weighted by Crippen LogP contribution is 2.16. The molecule has 1 amide bonds. The molecule has 0 atom stereocenters. The van der Waals surface area contributed by atoms with Crippen LogP contribution < -0.4 is 10.9 Å². The van der Waals surface area contributed by atoms with Crippen LogP contribution in [0.25, 0.3) is 6.08 Å². The van der Waals surface area contributed by atoms with Gasteiger partial charge in [-0.2, -0.15) is 0 Å². The number of hydrogen-bond donors (Lipinski definition) is 2. The maximum absolute atomic E-state index is 12.4. The number of amides is 1. The average Bonchev–Trinajstić information content (AvgIpc) is 2.78. The van der Waals surface area contributed by atoms with E-state index < -0.39 is 0 Å². The number of rotatable bonds is 3. The third kappa shape index (κ3) is 2.96. The topological polar surface area (TPSA) is 65.2 Å². The number of H-pyrrole nitrogens is 1. The number of benzene rings is 1. The second-order valence-electron chi connectivity index (χ2n) is 4.85. The first-order valence-corrected chi connectivity index (χ1v) is 7.11. The van der Waals surface area contributed by atoms with Gasteiger partial charge >= 0.3 is 0 Å². The zero-order valence-corrected chi connectivity index (χ0v) is 12.4. The Morgan fingerprint density at radius 2 is 1.86 bits per heavy atom. The highest BCUT2D eigenvalue weighted by atomic mass is 32.1. The van der Waals surface area contributed by atoms with Gasteiger partial charge in [0.15, 0.2) is 5.11 Å². The number of nitrogens with zero attached hydrogens (tertiary/aromatic N) is 1. The fourth-order valence-electron chi connectivity index (χ4n) is 2.16. The van der Waals surface area contributed by atoms with Crippen molar-refractivity contribution < 1.29 is 4.79 Å². The maximum Gasteiger partial charge on any atom is 0.276 e. The normalized spacial score (nSPS) is 16.2. The van der Waals surface area contributed by atoms with Crippen LogP contribution in [0.3, 0.4) is 0 Å². The van der Waals surface area contributed by atoms with Crippen LogP contribution in [-0.4, -0.2) is 20.9 Å². The Bertz CT molecular complexity index is 791. The number of thiocarbonyl (C=S) groups is 1. The first-order valence-electron chi connectivity index (χ1n) is 6.71. The smallest absolute Gasteiger partial charge is 0.276 e. The number of carbonyl (C=O) groups is 1. The number of carbonyl (C=O) groups excluding carboxylic acids is 1. The molecule has 1 aliphatic heterocycles. The molecular weight excluding hydrogens is 298 g/mol. The van der Waals surface area contributed by atoms with Gasteiger partial charge in [0, 0.05) is 12.3 Å². The monoisotopic (exact) mass is 311 g/mol. The lowest BCUT2D eigenvalue weighted by Gasteiger charge is -2.13. The molecule has 1 aliphatic rings. The summed E-state index contributed by atoms with van der Waals surface area (Å²) >= 11 is 5.23. The van der Waals surface area contributed by atoms with Crippen LogP contribution in [-0.2, 0) is 11.3 Å². The lowest BCUT2D eigenvalue weighted by Crippen LogP contribution is -2.29. The van der Waals surface area contributed by atoms with Gasteiger partial charge < -0.3 is 10.3 Å².